The maximum atomic E-state index is 12.7. The number of benzene rings is 6. The van der Waals surface area contributed by atoms with Gasteiger partial charge in [-0.15, -0.1) is 23.2 Å². The van der Waals surface area contributed by atoms with Crippen molar-refractivity contribution in [3.05, 3.63) is 200 Å². The molecule has 0 radical (unpaired) electrons. The van der Waals surface area contributed by atoms with Crippen molar-refractivity contribution in [2.75, 3.05) is 11.9 Å². The Balaban J connectivity index is 0.000000278. The zero-order valence-corrected chi connectivity index (χ0v) is 39.2. The van der Waals surface area contributed by atoms with Gasteiger partial charge in [-0.2, -0.15) is 0 Å². The monoisotopic (exact) mass is 1000 g/mol. The molecule has 6 aromatic carbocycles. The van der Waals surface area contributed by atoms with Crippen molar-refractivity contribution >= 4 is 101 Å². The van der Waals surface area contributed by atoms with E-state index in [1.807, 2.05) is 48.5 Å². The van der Waals surface area contributed by atoms with Crippen LogP contribution in [0, 0.1) is 0 Å². The van der Waals surface area contributed by atoms with Crippen LogP contribution in [0.1, 0.15) is 76.5 Å². The van der Waals surface area contributed by atoms with Crippen molar-refractivity contribution in [3.8, 4) is 0 Å². The lowest BCUT2D eigenvalue weighted by atomic mass is 9.99. The van der Waals surface area contributed by atoms with E-state index in [9.17, 15) is 36.0 Å². The van der Waals surface area contributed by atoms with Gasteiger partial charge in [0.25, 0.3) is 5.24 Å². The number of carbonyl (C=O) groups is 4. The molecule has 0 spiro atoms. The van der Waals surface area contributed by atoms with Crippen molar-refractivity contribution in [3.63, 3.8) is 0 Å². The number of Topliss-reactive ketones (excluding diaryl/α,β-unsaturated/α-hetero) is 1. The van der Waals surface area contributed by atoms with Crippen LogP contribution in [-0.2, 0) is 32.9 Å². The van der Waals surface area contributed by atoms with Gasteiger partial charge in [0.15, 0.2) is 17.3 Å². The van der Waals surface area contributed by atoms with Gasteiger partial charge in [0.2, 0.25) is 20.0 Å². The summed E-state index contributed by atoms with van der Waals surface area (Å²) < 4.78 is 46.0. The molecule has 18 heteroatoms. The maximum Gasteiger partial charge on any atom is 0.252 e. The van der Waals surface area contributed by atoms with E-state index >= 15 is 0 Å². The predicted octanol–water partition coefficient (Wildman–Crippen LogP) is 9.63. The smallest absolute Gasteiger partial charge is 0.252 e. The highest BCUT2D eigenvalue weighted by atomic mass is 35.5. The Hall–Kier alpha value is -4.77. The summed E-state index contributed by atoms with van der Waals surface area (Å²) in [5.74, 6) is -0.817. The Morgan fingerprint density at radius 2 is 0.828 bits per heavy atom. The molecule has 0 unspecified atom stereocenters. The van der Waals surface area contributed by atoms with E-state index in [1.165, 1.54) is 59.7 Å². The largest absolute Gasteiger partial charge is 0.330 e. The summed E-state index contributed by atoms with van der Waals surface area (Å²) in [7, 11) is -8.08. The molecule has 0 bridgehead atoms. The molecule has 6 rings (SSSR count). The van der Waals surface area contributed by atoms with E-state index in [4.69, 9.17) is 74.0 Å². The average Bonchev–Trinajstić information content (AvgIpc) is 3.27. The summed E-state index contributed by atoms with van der Waals surface area (Å²) in [6.07, 6.45) is 2.97. The first-order valence-electron chi connectivity index (χ1n) is 18.9. The fraction of sp³-hybridized carbons (Fsp3) is 0.130. The maximum absolute atomic E-state index is 12.7. The second-order valence-corrected chi connectivity index (χ2v) is 18.4. The van der Waals surface area contributed by atoms with Crippen LogP contribution in [0.5, 0.6) is 0 Å². The SMILES string of the molecule is ClCCl.NCCc1ccccc1.NS(=O)(=O)c1cc(C(=O)c2ccc(C(=O)CCCc3ccccc3)cc2)ccc1Cl.NS(=O)(=O)c1cc(C(=O)c2ccc(C(=O)Cl)cc2)ccc1Cl. The van der Waals surface area contributed by atoms with Gasteiger partial charge < -0.3 is 5.73 Å². The summed E-state index contributed by atoms with van der Waals surface area (Å²) in [4.78, 5) is 47.7. The Kier molecular flexibility index (Phi) is 22.0. The number of carbonyl (C=O) groups excluding carboxylic acids is 4. The van der Waals surface area contributed by atoms with E-state index in [0.717, 1.165) is 37.9 Å². The molecule has 0 amide bonds. The first-order valence-corrected chi connectivity index (χ1v) is 24.2. The number of alkyl halides is 2. The summed E-state index contributed by atoms with van der Waals surface area (Å²) in [5, 5.41) is 9.62. The van der Waals surface area contributed by atoms with Crippen LogP contribution in [0.3, 0.4) is 0 Å². The Morgan fingerprint density at radius 3 is 1.19 bits per heavy atom. The standard InChI is InChI=1S/C23H20ClNO4S.C14H9Cl2NO4S.C8H11N.CH2Cl2/c24-20-14-13-19(15-22(20)30(25,28)29)23(27)18-11-9-17(10-12-18)21(26)8-4-7-16-5-2-1-3-6-16;15-11-6-5-10(7-12(11)22(17,20)21)13(18)8-1-3-9(4-2-8)14(16)19;9-7-6-8-4-2-1-3-5-8;2-1-3/h1-3,5-6,9-15H,4,7-8H2,(H2,25,28,29);1-7H,(H2,17,20,21);1-5H,6-7,9H2;1H2. The van der Waals surface area contributed by atoms with Gasteiger partial charge in [-0.3, -0.25) is 19.2 Å². The molecule has 64 heavy (non-hydrogen) atoms. The van der Waals surface area contributed by atoms with Crippen molar-refractivity contribution < 1.29 is 36.0 Å². The van der Waals surface area contributed by atoms with Gasteiger partial charge in [0.05, 0.1) is 15.4 Å². The number of sulfonamides is 2. The number of nitrogens with two attached hydrogens (primary N) is 3. The first-order chi connectivity index (χ1) is 30.3. The van der Waals surface area contributed by atoms with Gasteiger partial charge in [0.1, 0.15) is 9.79 Å². The predicted molar refractivity (Wildman–Crippen MR) is 255 cm³/mol. The van der Waals surface area contributed by atoms with E-state index in [-0.39, 0.29) is 59.0 Å². The van der Waals surface area contributed by atoms with Gasteiger partial charge >= 0.3 is 0 Å². The third-order valence-corrected chi connectivity index (χ3v) is 11.8. The minimum absolute atomic E-state index is 0.00735. The molecule has 0 heterocycles. The molecule has 11 nitrogen and oxygen atoms in total. The van der Waals surface area contributed by atoms with Crippen LogP contribution in [0.15, 0.2) is 155 Å². The normalized spacial score (nSPS) is 10.8. The highest BCUT2D eigenvalue weighted by Crippen LogP contribution is 2.25. The van der Waals surface area contributed by atoms with Crippen LogP contribution in [0.2, 0.25) is 10.0 Å². The Bertz CT molecular complexity index is 2750. The summed E-state index contributed by atoms with van der Waals surface area (Å²) in [6, 6.07) is 39.9. The molecule has 0 saturated heterocycles. The summed E-state index contributed by atoms with van der Waals surface area (Å²) in [5.41, 5.74) is 9.50. The number of halogens is 5. The molecule has 6 N–H and O–H groups in total. The van der Waals surface area contributed by atoms with Crippen LogP contribution >= 0.6 is 58.0 Å². The molecule has 0 saturated carbocycles. The lowest BCUT2D eigenvalue weighted by Gasteiger charge is -2.07. The molecular formula is C46H42Cl5N3O8S2. The van der Waals surface area contributed by atoms with Crippen molar-refractivity contribution in [2.24, 2.45) is 16.0 Å². The van der Waals surface area contributed by atoms with E-state index < -0.39 is 31.1 Å². The van der Waals surface area contributed by atoms with Gasteiger partial charge in [-0.25, -0.2) is 27.1 Å². The fourth-order valence-electron chi connectivity index (χ4n) is 5.67. The summed E-state index contributed by atoms with van der Waals surface area (Å²) in [6.45, 7) is 0.740. The lowest BCUT2D eigenvalue weighted by molar-refractivity contribution is 0.0977. The van der Waals surface area contributed by atoms with Crippen LogP contribution < -0.4 is 16.0 Å². The fourth-order valence-corrected chi connectivity index (χ4v) is 7.94. The second kappa shape index (κ2) is 26.3. The molecule has 0 atom stereocenters. The number of hydrogen-bond donors (Lipinski definition) is 3. The molecule has 336 valence electrons. The third kappa shape index (κ3) is 17.3. The van der Waals surface area contributed by atoms with Crippen LogP contribution in [0.4, 0.5) is 0 Å². The number of rotatable bonds is 14. The minimum Gasteiger partial charge on any atom is -0.330 e. The van der Waals surface area contributed by atoms with E-state index in [0.29, 0.717) is 17.5 Å². The summed E-state index contributed by atoms with van der Waals surface area (Å²) >= 11 is 26.5. The molecule has 6 aromatic rings. The molecule has 0 aliphatic heterocycles. The average molecular weight is 1010 g/mol. The third-order valence-electron chi connectivity index (χ3n) is 8.83. The topological polar surface area (TPSA) is 215 Å². The zero-order valence-electron chi connectivity index (χ0n) is 33.8. The van der Waals surface area contributed by atoms with E-state index in [1.54, 1.807) is 24.3 Å². The Labute approximate surface area is 397 Å². The van der Waals surface area contributed by atoms with Gasteiger partial charge in [0, 0.05) is 39.8 Å². The van der Waals surface area contributed by atoms with Gasteiger partial charge in [-0.05, 0) is 97.1 Å². The van der Waals surface area contributed by atoms with Crippen molar-refractivity contribution in [1.82, 2.24) is 0 Å². The molecule has 0 aliphatic carbocycles. The zero-order chi connectivity index (χ0) is 47.5. The molecule has 0 fully saturated rings. The quantitative estimate of drug-likeness (QED) is 0.0537. The number of ketones is 3. The minimum atomic E-state index is -4.05. The highest BCUT2D eigenvalue weighted by Gasteiger charge is 2.19. The van der Waals surface area contributed by atoms with Crippen molar-refractivity contribution in [1.29, 1.82) is 0 Å². The molecular weight excluding hydrogens is 964 g/mol. The van der Waals surface area contributed by atoms with E-state index in [2.05, 4.69) is 12.1 Å². The number of hydrogen-bond acceptors (Lipinski definition) is 9. The molecule has 0 aromatic heterocycles. The second-order valence-electron chi connectivity index (χ2n) is 13.4. The molecule has 0 aliphatic rings. The lowest BCUT2D eigenvalue weighted by Crippen LogP contribution is -2.14. The number of primary sulfonamides is 2. The first kappa shape index (κ1) is 53.6. The highest BCUT2D eigenvalue weighted by molar-refractivity contribution is 7.89. The van der Waals surface area contributed by atoms with Crippen LogP contribution in [-0.4, -0.2) is 51.3 Å². The number of aryl methyl sites for hydroxylation is 1. The van der Waals surface area contributed by atoms with Gasteiger partial charge in [-0.1, -0.05) is 120 Å². The van der Waals surface area contributed by atoms with Crippen molar-refractivity contribution in [2.45, 2.75) is 35.5 Å². The Morgan fingerprint density at radius 1 is 0.484 bits per heavy atom. The van der Waals surface area contributed by atoms with Crippen LogP contribution in [0.25, 0.3) is 0 Å².